The number of aryl methyl sites for hydroxylation is 2. The molecule has 3 nitrogen and oxygen atoms in total. The quantitative estimate of drug-likeness (QED) is 0.905. The third kappa shape index (κ3) is 4.57. The molecule has 2 atom stereocenters. The number of piperidine rings is 1. The second-order valence-electron chi connectivity index (χ2n) is 6.25. The summed E-state index contributed by atoms with van der Waals surface area (Å²) in [6.45, 7) is 4.76. The van der Waals surface area contributed by atoms with Crippen LogP contribution in [0.15, 0.2) is 24.3 Å². The van der Waals surface area contributed by atoms with E-state index in [0.29, 0.717) is 12.8 Å². The number of rotatable bonds is 5. The van der Waals surface area contributed by atoms with Gasteiger partial charge in [-0.05, 0) is 57.1 Å². The fourth-order valence-corrected chi connectivity index (χ4v) is 3.24. The predicted molar refractivity (Wildman–Crippen MR) is 85.1 cm³/mol. The first-order chi connectivity index (χ1) is 10.1. The van der Waals surface area contributed by atoms with Gasteiger partial charge in [-0.3, -0.25) is 4.79 Å². The van der Waals surface area contributed by atoms with Crippen molar-refractivity contribution < 1.29 is 9.90 Å². The van der Waals surface area contributed by atoms with Crippen LogP contribution in [0.2, 0.25) is 0 Å². The minimum absolute atomic E-state index is 0.225. The SMILES string of the molecule is Cc1ccccc1CCC(=O)N1CCCCC1CC(C)O. The Kier molecular flexibility index (Phi) is 5.80. The highest BCUT2D eigenvalue weighted by atomic mass is 16.3. The van der Waals surface area contributed by atoms with Crippen LogP contribution in [0, 0.1) is 6.92 Å². The van der Waals surface area contributed by atoms with E-state index in [9.17, 15) is 9.90 Å². The van der Waals surface area contributed by atoms with Crippen LogP contribution in [0.5, 0.6) is 0 Å². The van der Waals surface area contributed by atoms with Crippen molar-refractivity contribution in [2.75, 3.05) is 6.54 Å². The van der Waals surface area contributed by atoms with Gasteiger partial charge in [0.05, 0.1) is 6.10 Å². The first kappa shape index (κ1) is 16.0. The van der Waals surface area contributed by atoms with E-state index in [1.165, 1.54) is 17.5 Å². The summed E-state index contributed by atoms with van der Waals surface area (Å²) in [5, 5.41) is 9.61. The number of likely N-dealkylation sites (tertiary alicyclic amines) is 1. The number of hydrogen-bond donors (Lipinski definition) is 1. The summed E-state index contributed by atoms with van der Waals surface area (Å²) < 4.78 is 0. The zero-order chi connectivity index (χ0) is 15.2. The Labute approximate surface area is 128 Å². The maximum absolute atomic E-state index is 12.5. The molecule has 1 fully saturated rings. The molecule has 0 spiro atoms. The number of aliphatic hydroxyl groups excluding tert-OH is 1. The van der Waals surface area contributed by atoms with Gasteiger partial charge in [-0.1, -0.05) is 24.3 Å². The Morgan fingerprint density at radius 2 is 2.14 bits per heavy atom. The van der Waals surface area contributed by atoms with E-state index in [1.54, 1.807) is 0 Å². The number of carbonyl (C=O) groups is 1. The molecule has 0 radical (unpaired) electrons. The topological polar surface area (TPSA) is 40.5 Å². The van der Waals surface area contributed by atoms with Crippen molar-refractivity contribution in [3.63, 3.8) is 0 Å². The molecular formula is C18H27NO2. The van der Waals surface area contributed by atoms with Crippen LogP contribution in [0.25, 0.3) is 0 Å². The Morgan fingerprint density at radius 1 is 1.38 bits per heavy atom. The van der Waals surface area contributed by atoms with Gasteiger partial charge in [0.15, 0.2) is 0 Å². The number of nitrogens with zero attached hydrogens (tertiary/aromatic N) is 1. The van der Waals surface area contributed by atoms with Crippen LogP contribution < -0.4 is 0 Å². The molecule has 1 aliphatic heterocycles. The minimum atomic E-state index is -0.334. The molecule has 1 aromatic rings. The first-order valence-corrected chi connectivity index (χ1v) is 8.10. The second kappa shape index (κ2) is 7.60. The third-order valence-corrected chi connectivity index (χ3v) is 4.43. The van der Waals surface area contributed by atoms with E-state index in [4.69, 9.17) is 0 Å². The Morgan fingerprint density at radius 3 is 2.86 bits per heavy atom. The zero-order valence-corrected chi connectivity index (χ0v) is 13.2. The van der Waals surface area contributed by atoms with Crippen LogP contribution in [-0.2, 0) is 11.2 Å². The van der Waals surface area contributed by atoms with Gasteiger partial charge in [-0.25, -0.2) is 0 Å². The van der Waals surface area contributed by atoms with E-state index < -0.39 is 0 Å². The lowest BCUT2D eigenvalue weighted by Crippen LogP contribution is -2.45. The van der Waals surface area contributed by atoms with Crippen LogP contribution in [0.3, 0.4) is 0 Å². The van der Waals surface area contributed by atoms with Crippen LogP contribution in [0.1, 0.15) is 50.2 Å². The summed E-state index contributed by atoms with van der Waals surface area (Å²) in [5.74, 6) is 0.239. The molecule has 2 unspecified atom stereocenters. The van der Waals surface area contributed by atoms with Crippen molar-refractivity contribution in [3.8, 4) is 0 Å². The lowest BCUT2D eigenvalue weighted by atomic mass is 9.96. The fourth-order valence-electron chi connectivity index (χ4n) is 3.24. The van der Waals surface area contributed by atoms with Gasteiger partial charge in [-0.2, -0.15) is 0 Å². The molecule has 0 saturated carbocycles. The maximum atomic E-state index is 12.5. The monoisotopic (exact) mass is 289 g/mol. The Bertz CT molecular complexity index is 470. The summed E-state index contributed by atoms with van der Waals surface area (Å²) >= 11 is 0. The number of amides is 1. The molecule has 2 rings (SSSR count). The average molecular weight is 289 g/mol. The van der Waals surface area contributed by atoms with Gasteiger partial charge >= 0.3 is 0 Å². The molecule has 21 heavy (non-hydrogen) atoms. The van der Waals surface area contributed by atoms with E-state index in [-0.39, 0.29) is 18.1 Å². The lowest BCUT2D eigenvalue weighted by molar-refractivity contribution is -0.135. The van der Waals surface area contributed by atoms with Crippen LogP contribution in [0.4, 0.5) is 0 Å². The van der Waals surface area contributed by atoms with Gasteiger partial charge in [0.2, 0.25) is 5.91 Å². The largest absolute Gasteiger partial charge is 0.393 e. The van der Waals surface area contributed by atoms with Crippen molar-refractivity contribution in [3.05, 3.63) is 35.4 Å². The maximum Gasteiger partial charge on any atom is 0.223 e. The van der Waals surface area contributed by atoms with Crippen molar-refractivity contribution in [1.29, 1.82) is 0 Å². The summed E-state index contributed by atoms with van der Waals surface area (Å²) in [6, 6.07) is 8.49. The zero-order valence-electron chi connectivity index (χ0n) is 13.2. The smallest absolute Gasteiger partial charge is 0.223 e. The average Bonchev–Trinajstić information content (AvgIpc) is 2.46. The second-order valence-corrected chi connectivity index (χ2v) is 6.25. The number of hydrogen-bond acceptors (Lipinski definition) is 2. The first-order valence-electron chi connectivity index (χ1n) is 8.10. The van der Waals surface area contributed by atoms with Gasteiger partial charge in [0.1, 0.15) is 0 Å². The van der Waals surface area contributed by atoms with E-state index in [0.717, 1.165) is 25.8 Å². The fraction of sp³-hybridized carbons (Fsp3) is 0.611. The molecule has 1 saturated heterocycles. The van der Waals surface area contributed by atoms with Crippen LogP contribution in [-0.4, -0.2) is 34.6 Å². The summed E-state index contributed by atoms with van der Waals surface area (Å²) in [7, 11) is 0. The summed E-state index contributed by atoms with van der Waals surface area (Å²) in [5.41, 5.74) is 2.51. The van der Waals surface area contributed by atoms with Crippen molar-refractivity contribution in [2.45, 2.75) is 64.5 Å². The molecule has 1 aromatic carbocycles. The number of aliphatic hydroxyl groups is 1. The molecule has 1 amide bonds. The lowest BCUT2D eigenvalue weighted by Gasteiger charge is -2.36. The molecule has 1 aliphatic rings. The van der Waals surface area contributed by atoms with Crippen molar-refractivity contribution >= 4 is 5.91 Å². The molecule has 1 N–H and O–H groups in total. The summed E-state index contributed by atoms with van der Waals surface area (Å²) in [4.78, 5) is 14.5. The highest BCUT2D eigenvalue weighted by molar-refractivity contribution is 5.77. The molecule has 0 aliphatic carbocycles. The van der Waals surface area contributed by atoms with E-state index >= 15 is 0 Å². The van der Waals surface area contributed by atoms with Crippen molar-refractivity contribution in [1.82, 2.24) is 4.90 Å². The molecule has 116 valence electrons. The molecular weight excluding hydrogens is 262 g/mol. The van der Waals surface area contributed by atoms with Crippen LogP contribution >= 0.6 is 0 Å². The van der Waals surface area contributed by atoms with Gasteiger partial charge in [-0.15, -0.1) is 0 Å². The number of benzene rings is 1. The third-order valence-electron chi connectivity index (χ3n) is 4.43. The standard InChI is InChI=1S/C18H27NO2/c1-14-7-3-4-8-16(14)10-11-18(21)19-12-6-5-9-17(19)13-15(2)20/h3-4,7-8,15,17,20H,5-6,9-13H2,1-2H3. The Hall–Kier alpha value is -1.35. The predicted octanol–water partition coefficient (Wildman–Crippen LogP) is 3.08. The van der Waals surface area contributed by atoms with Crippen molar-refractivity contribution in [2.24, 2.45) is 0 Å². The molecule has 0 bridgehead atoms. The van der Waals surface area contributed by atoms with Gasteiger partial charge < -0.3 is 10.0 Å². The van der Waals surface area contributed by atoms with Gasteiger partial charge in [0, 0.05) is 19.0 Å². The molecule has 1 heterocycles. The normalized spacial score (nSPS) is 20.3. The van der Waals surface area contributed by atoms with E-state index in [1.807, 2.05) is 24.0 Å². The molecule has 3 heteroatoms. The summed E-state index contributed by atoms with van der Waals surface area (Å²) in [6.07, 6.45) is 5.03. The number of carbonyl (C=O) groups excluding carboxylic acids is 1. The highest BCUT2D eigenvalue weighted by Gasteiger charge is 2.27. The van der Waals surface area contributed by atoms with Gasteiger partial charge in [0.25, 0.3) is 0 Å². The highest BCUT2D eigenvalue weighted by Crippen LogP contribution is 2.22. The van der Waals surface area contributed by atoms with E-state index in [2.05, 4.69) is 19.1 Å². The minimum Gasteiger partial charge on any atom is -0.393 e. The Balaban J connectivity index is 1.93. The molecule has 0 aromatic heterocycles.